The third kappa shape index (κ3) is 25.5. The van der Waals surface area contributed by atoms with Crippen LogP contribution in [0.1, 0.15) is 160 Å². The number of carbonyl (C=O) groups excluding carboxylic acids is 4. The number of H-pyrrole nitrogens is 2. The van der Waals surface area contributed by atoms with E-state index in [0.29, 0.717) is 59.3 Å². The number of aromatic hydroxyl groups is 1. The summed E-state index contributed by atoms with van der Waals surface area (Å²) in [6, 6.07) is 63.7. The number of aliphatic hydroxyl groups excluding tert-OH is 2. The Kier molecular flexibility index (Phi) is 33.8. The number of halogens is 4. The van der Waals surface area contributed by atoms with Crippen molar-refractivity contribution in [2.45, 2.75) is 153 Å². The number of aliphatic imine (C=N–C) groups is 1. The van der Waals surface area contributed by atoms with Crippen molar-refractivity contribution in [1.82, 2.24) is 24.5 Å². The molecule has 23 nitrogen and oxygen atoms in total. The van der Waals surface area contributed by atoms with Crippen LogP contribution in [0.4, 0.5) is 21.5 Å². The van der Waals surface area contributed by atoms with Crippen LogP contribution >= 0.6 is 54.5 Å². The van der Waals surface area contributed by atoms with Crippen LogP contribution in [0.3, 0.4) is 0 Å². The Bertz CT molecular complexity index is 6760. The highest BCUT2D eigenvalue weighted by molar-refractivity contribution is 14.1. The molecule has 28 heteroatoms. The number of carboxylic acids is 1. The molecule has 3 fully saturated rings. The van der Waals surface area contributed by atoms with Crippen LogP contribution in [0.2, 0.25) is 0 Å². The van der Waals surface area contributed by atoms with Crippen molar-refractivity contribution < 1.29 is 66.7 Å². The Morgan fingerprint density at radius 2 is 1.40 bits per heavy atom. The predicted octanol–water partition coefficient (Wildman–Crippen LogP) is 22.6. The molecule has 702 valence electrons. The van der Waals surface area contributed by atoms with Gasteiger partial charge in [0, 0.05) is 122 Å². The van der Waals surface area contributed by atoms with E-state index in [1.807, 2.05) is 128 Å². The Morgan fingerprint density at radius 1 is 0.728 bits per heavy atom. The van der Waals surface area contributed by atoms with E-state index in [0.717, 1.165) is 137 Å². The maximum Gasteiger partial charge on any atom is 0.305 e. The number of carbonyl (C=O) groups is 5. The molecule has 0 radical (unpaired) electrons. The Hall–Kier alpha value is -12.2. The number of Topliss-reactive ketones (excluding diaryl/α,β-unsaturated/α-hetero) is 2. The van der Waals surface area contributed by atoms with E-state index >= 15 is 0 Å². The number of sulfonamides is 1. The third-order valence-electron chi connectivity index (χ3n) is 25.2. The highest BCUT2D eigenvalue weighted by atomic mass is 127. The number of carboxylic acid groups (broad SMARTS) is 1. The van der Waals surface area contributed by atoms with Gasteiger partial charge in [-0.2, -0.15) is 0 Å². The first-order chi connectivity index (χ1) is 65.4. The van der Waals surface area contributed by atoms with Gasteiger partial charge < -0.3 is 60.8 Å². The van der Waals surface area contributed by atoms with Crippen LogP contribution in [0.25, 0.3) is 79.0 Å². The number of anilines is 2. The Labute approximate surface area is 820 Å². The van der Waals surface area contributed by atoms with Gasteiger partial charge in [0.15, 0.2) is 11.7 Å². The zero-order valence-corrected chi connectivity index (χ0v) is 82.0. The zero-order valence-electron chi connectivity index (χ0n) is 75.8. The molecular weight excluding hydrogens is 1980 g/mol. The first kappa shape index (κ1) is 99.7. The van der Waals surface area contributed by atoms with Crippen molar-refractivity contribution in [2.75, 3.05) is 17.7 Å². The number of para-hydroxylation sites is 2. The fourth-order valence-electron chi connectivity index (χ4n) is 18.3. The van der Waals surface area contributed by atoms with Crippen LogP contribution in [0, 0.1) is 40.0 Å². The first-order valence-corrected chi connectivity index (χ1v) is 49.4. The highest BCUT2D eigenvalue weighted by Gasteiger charge is 2.42. The average molecular weight is 2090 g/mol. The molecule has 0 spiro atoms. The lowest BCUT2D eigenvalue weighted by atomic mass is 9.75. The summed E-state index contributed by atoms with van der Waals surface area (Å²) >= 11 is 9.34. The number of nitrogens with zero attached hydrogens (tertiary/aromatic N) is 4. The van der Waals surface area contributed by atoms with E-state index in [4.69, 9.17) is 25.5 Å². The maximum absolute atomic E-state index is 13.5. The lowest BCUT2D eigenvalue weighted by Crippen LogP contribution is -2.35. The molecule has 2 amide bonds. The molecule has 0 bridgehead atoms. The van der Waals surface area contributed by atoms with Crippen molar-refractivity contribution in [2.24, 2.45) is 39.5 Å². The van der Waals surface area contributed by atoms with Crippen molar-refractivity contribution in [1.29, 1.82) is 0 Å². The number of aliphatic carboxylic acids is 1. The van der Waals surface area contributed by atoms with Gasteiger partial charge in [0.2, 0.25) is 10.0 Å². The minimum Gasteiger partial charge on any atom is -0.497 e. The summed E-state index contributed by atoms with van der Waals surface area (Å²) in [6.07, 6.45) is 28.1. The number of ketones is 2. The largest absolute Gasteiger partial charge is 0.497 e. The number of ether oxygens (including phenoxy) is 2. The summed E-state index contributed by atoms with van der Waals surface area (Å²) in [5, 5.41) is 51.4. The highest BCUT2D eigenvalue weighted by Crippen LogP contribution is 2.49. The number of nitrogens with one attached hydrogen (secondary N) is 4. The molecule has 0 saturated heterocycles. The fourth-order valence-corrected chi connectivity index (χ4v) is 20.5. The number of methoxy groups -OCH3 is 1. The number of aliphatic hydroxyl groups is 2. The molecular formula is C108H108Br2FIN10O13S. The van der Waals surface area contributed by atoms with Gasteiger partial charge in [-0.15, -0.1) is 0 Å². The molecule has 19 rings (SSSR count). The summed E-state index contributed by atoms with van der Waals surface area (Å²) in [5.74, 6) is 2.30. The number of hydrogen-bond donors (Lipinski definition) is 10. The first-order valence-electron chi connectivity index (χ1n) is 45.2. The summed E-state index contributed by atoms with van der Waals surface area (Å²) < 4.78 is 52.5. The molecule has 6 heterocycles. The molecule has 13 aromatic rings. The number of nitrogens with two attached hydrogens (primary N) is 2. The van der Waals surface area contributed by atoms with E-state index in [2.05, 4.69) is 163 Å². The van der Waals surface area contributed by atoms with Gasteiger partial charge in [-0.1, -0.05) is 154 Å². The molecule has 2 aliphatic heterocycles. The number of hydrogen-bond acceptors (Lipinski definition) is 16. The maximum atomic E-state index is 13.5. The molecule has 3 saturated carbocycles. The number of allylic oxidation sites excluding steroid dienone is 2. The van der Waals surface area contributed by atoms with Crippen LogP contribution in [0.15, 0.2) is 262 Å². The molecule has 12 N–H and O–H groups in total. The van der Waals surface area contributed by atoms with E-state index in [9.17, 15) is 52.1 Å². The number of primary sulfonamides is 1. The monoisotopic (exact) mass is 2090 g/mol. The van der Waals surface area contributed by atoms with Gasteiger partial charge in [0.25, 0.3) is 11.8 Å². The second-order valence-electron chi connectivity index (χ2n) is 34.9. The number of benzene rings is 9. The van der Waals surface area contributed by atoms with Crippen LogP contribution < -0.4 is 26.2 Å². The quantitative estimate of drug-likeness (QED) is 0.0171. The van der Waals surface area contributed by atoms with Crippen molar-refractivity contribution in [3.05, 3.63) is 318 Å². The average Bonchev–Trinajstić information content (AvgIpc) is 1.60. The van der Waals surface area contributed by atoms with Gasteiger partial charge in [-0.05, 0) is 292 Å². The summed E-state index contributed by atoms with van der Waals surface area (Å²) in [4.78, 5) is 76.8. The number of imidazole rings is 1. The zero-order chi connectivity index (χ0) is 96.4. The number of amides is 2. The molecule has 9 aromatic carbocycles. The lowest BCUT2D eigenvalue weighted by Gasteiger charge is -2.35. The van der Waals surface area contributed by atoms with Crippen LogP contribution in [-0.2, 0) is 51.8 Å². The van der Waals surface area contributed by atoms with Gasteiger partial charge in [-0.25, -0.2) is 22.9 Å². The van der Waals surface area contributed by atoms with Crippen molar-refractivity contribution >= 4 is 174 Å². The second kappa shape index (κ2) is 46.1. The lowest BCUT2D eigenvalue weighted by molar-refractivity contribution is -0.139. The summed E-state index contributed by atoms with van der Waals surface area (Å²) in [5.41, 5.74) is 26.0. The Balaban J connectivity index is 0.000000131. The Morgan fingerprint density at radius 3 is 2.07 bits per heavy atom. The molecule has 4 aliphatic carbocycles. The van der Waals surface area contributed by atoms with Crippen LogP contribution in [-0.4, -0.2) is 120 Å². The minimum absolute atomic E-state index is 0.0291. The molecule has 7 atom stereocenters. The predicted molar refractivity (Wildman–Crippen MR) is 551 cm³/mol. The molecule has 6 aliphatic rings. The third-order valence-corrected chi connectivity index (χ3v) is 28.5. The SMILES string of the molecule is CC(=O)C(N)CC1CCC2CCC(OCc3ccccc3)CC21.CC(C)n1c(/C=C/[C@H](O)C[C@H](O)CC(=O)O)c(-c2ccc(F)cc2)c2ccccc21.COc1ccc2c(c1)/C(=C/c1cnc[nH]1)C(=O)N2.Cc1c(Br)cc(/C=C2\C(=O)Nc3ccc(I)cc32)cc1Br.NS(=O)(=O)c1ccc(N=Cc2c(O)[nH]c3ccccc23)cc1.O=C1Cc2ccc(-c3cccnc3)cc2/C1=C/C1CCCC1. The topological polar surface area (TPSA) is 370 Å². The van der Waals surface area contributed by atoms with Gasteiger partial charge in [0.1, 0.15) is 17.3 Å². The second-order valence-corrected chi connectivity index (χ2v) is 39.4. The number of fused-ring (bicyclic) bond motifs is 6. The van der Waals surface area contributed by atoms with E-state index in [1.165, 1.54) is 93.0 Å². The standard InChI is InChI=1S/C24H26FNO4.C20H29NO2.C20H19NO.C16H10Br2INO.C15H13N3O3S.C13H11N3O2/c1-15(2)26-21-6-4-3-5-20(21)24(16-7-9-17(25)10-8-16)22(26)12-11-18(27)13-19(28)14-23(29)30;1-14(22)20(21)11-17-8-7-16-9-10-18(12-19(16)17)23-13-15-5-3-2-4-6-15;22-20-12-16-8-7-15(17-6-3-9-21-13-17)11-18(16)19(20)10-14-4-1-2-5-14;1-8-13(17)5-9(6-14(8)18)4-12-11-7-10(19)2-3-15(11)20-16(12)21;16-22(20,21)11-7-5-10(6-8-11)17-9-13-12-3-1-2-4-14(12)18-15(13)19;1-18-9-2-3-12-10(5-9)11(13(17)16-12)4-8-6-14-7-15-8/h3-12,15,18-19,27-28H,13-14H2,1-2H3,(H,29,30);2-6,16-20H,7-13,21H2,1H3;3,6-11,13-14H,1-2,4-5,12H2;2-7H,1H3,(H,20,21);1-9,18-19H,(H2,16,20,21);2-7H,1H3,(H,14,15)(H,16,17)/b12-11+;;19-10-;12-4-;;11-4-/t18-,19-;;;;;/m0...../s1. The van der Waals surface area contributed by atoms with Crippen LogP contribution in [0.5, 0.6) is 11.6 Å². The number of pyridine rings is 1. The van der Waals surface area contributed by atoms with E-state index < -0.39 is 34.6 Å². The van der Waals surface area contributed by atoms with Crippen molar-refractivity contribution in [3.8, 4) is 33.9 Å². The van der Waals surface area contributed by atoms with Gasteiger partial charge >= 0.3 is 5.97 Å². The van der Waals surface area contributed by atoms with E-state index in [1.54, 1.807) is 75.2 Å². The number of aromatic amines is 2. The van der Waals surface area contributed by atoms with E-state index in [-0.39, 0.29) is 58.5 Å². The number of aromatic nitrogens is 5. The normalized spacial score (nSPS) is 18.0. The summed E-state index contributed by atoms with van der Waals surface area (Å²) in [6.45, 7) is 8.48. The van der Waals surface area contributed by atoms with Gasteiger partial charge in [-0.3, -0.25) is 33.9 Å². The molecule has 136 heavy (non-hydrogen) atoms. The fraction of sp³-hybridized carbons (Fsp3) is 0.259. The molecule has 4 aromatic heterocycles. The number of rotatable bonds is 22. The molecule has 5 unspecified atom stereocenters. The minimum atomic E-state index is -3.71. The van der Waals surface area contributed by atoms with Gasteiger partial charge in [0.05, 0.1) is 84.4 Å². The van der Waals surface area contributed by atoms with Crippen molar-refractivity contribution in [3.63, 3.8) is 0 Å². The summed E-state index contributed by atoms with van der Waals surface area (Å²) in [7, 11) is -2.11. The smallest absolute Gasteiger partial charge is 0.305 e.